The second kappa shape index (κ2) is 6.06. The molecule has 0 saturated carbocycles. The highest BCUT2D eigenvalue weighted by molar-refractivity contribution is 5.92. The zero-order chi connectivity index (χ0) is 18.5. The van der Waals surface area contributed by atoms with Crippen LogP contribution in [0.1, 0.15) is 22.3 Å². The molecule has 3 aliphatic rings. The number of ether oxygens (including phenoxy) is 4. The summed E-state index contributed by atoms with van der Waals surface area (Å²) in [7, 11) is 1.64. The Balaban J connectivity index is 1.87. The number of fused-ring (bicyclic) bond motifs is 4. The quantitative estimate of drug-likeness (QED) is 0.845. The molecule has 1 aliphatic carbocycles. The number of hydrogen-bond donors (Lipinski definition) is 1. The predicted molar refractivity (Wildman–Crippen MR) is 100 cm³/mol. The Morgan fingerprint density at radius 1 is 1.19 bits per heavy atom. The monoisotopic (exact) mass is 364 g/mol. The third-order valence-electron chi connectivity index (χ3n) is 5.61. The van der Waals surface area contributed by atoms with Gasteiger partial charge in [0.05, 0.1) is 13.7 Å². The predicted octanol–water partition coefficient (Wildman–Crippen LogP) is 3.47. The van der Waals surface area contributed by atoms with E-state index in [1.807, 2.05) is 24.3 Å². The van der Waals surface area contributed by atoms with Crippen molar-refractivity contribution in [2.24, 2.45) is 5.92 Å². The number of methoxy groups -OCH3 is 1. The van der Waals surface area contributed by atoms with Gasteiger partial charge < -0.3 is 24.1 Å². The number of aliphatic hydroxyl groups is 1. The molecular weight excluding hydrogens is 344 g/mol. The molecule has 27 heavy (non-hydrogen) atoms. The molecule has 0 spiro atoms. The number of hydrogen-bond acceptors (Lipinski definition) is 5. The summed E-state index contributed by atoms with van der Waals surface area (Å²) in [6, 6.07) is 7.96. The highest BCUT2D eigenvalue weighted by Crippen LogP contribution is 2.52. The normalized spacial score (nSPS) is 19.0. The van der Waals surface area contributed by atoms with E-state index in [2.05, 4.69) is 12.6 Å². The zero-order valence-electron chi connectivity index (χ0n) is 15.1. The first-order valence-corrected chi connectivity index (χ1v) is 8.98. The van der Waals surface area contributed by atoms with Crippen LogP contribution >= 0.6 is 0 Å². The van der Waals surface area contributed by atoms with Gasteiger partial charge in [-0.2, -0.15) is 0 Å². The van der Waals surface area contributed by atoms with Gasteiger partial charge in [0.1, 0.15) is 6.61 Å². The van der Waals surface area contributed by atoms with Gasteiger partial charge in [-0.3, -0.25) is 0 Å². The first kappa shape index (κ1) is 16.3. The number of allylic oxidation sites excluding steroid dienone is 1. The minimum absolute atomic E-state index is 0.0456. The van der Waals surface area contributed by atoms with Crippen LogP contribution in [0.2, 0.25) is 0 Å². The van der Waals surface area contributed by atoms with Gasteiger partial charge in [-0.1, -0.05) is 12.1 Å². The molecule has 1 N–H and O–H groups in total. The van der Waals surface area contributed by atoms with Crippen molar-refractivity contribution in [1.29, 1.82) is 0 Å². The molecule has 138 valence electrons. The summed E-state index contributed by atoms with van der Waals surface area (Å²) in [5, 5.41) is 10.2. The van der Waals surface area contributed by atoms with E-state index in [-0.39, 0.29) is 19.3 Å². The topological polar surface area (TPSA) is 57.2 Å². The molecule has 2 aliphatic heterocycles. The number of benzene rings is 2. The zero-order valence-corrected chi connectivity index (χ0v) is 15.1. The van der Waals surface area contributed by atoms with Gasteiger partial charge in [-0.25, -0.2) is 0 Å². The van der Waals surface area contributed by atoms with Gasteiger partial charge in [0, 0.05) is 17.0 Å². The fraction of sp³-hybridized carbons (Fsp3) is 0.273. The summed E-state index contributed by atoms with van der Waals surface area (Å²) >= 11 is 0. The maximum absolute atomic E-state index is 10.2. The van der Waals surface area contributed by atoms with Crippen molar-refractivity contribution < 1.29 is 24.1 Å². The van der Waals surface area contributed by atoms with Crippen molar-refractivity contribution in [2.45, 2.75) is 13.0 Å². The minimum Gasteiger partial charge on any atom is -0.493 e. The number of aliphatic hydroxyl groups excluding tert-OH is 1. The van der Waals surface area contributed by atoms with Gasteiger partial charge in [0.2, 0.25) is 6.79 Å². The third-order valence-corrected chi connectivity index (χ3v) is 5.61. The van der Waals surface area contributed by atoms with E-state index in [1.54, 1.807) is 7.11 Å². The molecule has 5 rings (SSSR count). The minimum atomic E-state index is -0.0456. The van der Waals surface area contributed by atoms with Crippen molar-refractivity contribution in [3.05, 3.63) is 64.7 Å². The van der Waals surface area contributed by atoms with Crippen LogP contribution in [-0.4, -0.2) is 25.6 Å². The second-order valence-corrected chi connectivity index (χ2v) is 6.85. The lowest BCUT2D eigenvalue weighted by molar-refractivity contribution is 0.171. The van der Waals surface area contributed by atoms with Crippen LogP contribution in [0.25, 0.3) is 5.57 Å². The summed E-state index contributed by atoms with van der Waals surface area (Å²) in [5.74, 6) is 2.89. The van der Waals surface area contributed by atoms with Gasteiger partial charge in [-0.05, 0) is 46.9 Å². The lowest BCUT2D eigenvalue weighted by atomic mass is 9.75. The van der Waals surface area contributed by atoms with E-state index in [4.69, 9.17) is 18.9 Å². The van der Waals surface area contributed by atoms with Crippen LogP contribution in [0.15, 0.2) is 42.5 Å². The summed E-state index contributed by atoms with van der Waals surface area (Å²) in [5.41, 5.74) is 6.02. The first-order chi connectivity index (χ1) is 13.3. The number of rotatable bonds is 3. The molecule has 0 bridgehead atoms. The van der Waals surface area contributed by atoms with Crippen molar-refractivity contribution in [3.8, 4) is 23.0 Å². The van der Waals surface area contributed by atoms with Gasteiger partial charge in [0.15, 0.2) is 23.0 Å². The lowest BCUT2D eigenvalue weighted by Gasteiger charge is -2.29. The van der Waals surface area contributed by atoms with E-state index in [0.29, 0.717) is 23.9 Å². The van der Waals surface area contributed by atoms with E-state index in [1.165, 1.54) is 0 Å². The molecule has 2 aromatic rings. The van der Waals surface area contributed by atoms with Crippen LogP contribution in [-0.2, 0) is 13.0 Å². The Labute approximate surface area is 157 Å². The van der Waals surface area contributed by atoms with Gasteiger partial charge in [0.25, 0.3) is 0 Å². The van der Waals surface area contributed by atoms with Crippen molar-refractivity contribution >= 4 is 5.57 Å². The Bertz CT molecular complexity index is 989. The van der Waals surface area contributed by atoms with Gasteiger partial charge >= 0.3 is 0 Å². The van der Waals surface area contributed by atoms with E-state index < -0.39 is 0 Å². The summed E-state index contributed by atoms with van der Waals surface area (Å²) < 4.78 is 23.1. The molecule has 1 unspecified atom stereocenters. The molecule has 5 heteroatoms. The van der Waals surface area contributed by atoms with Crippen LogP contribution in [0.3, 0.4) is 0 Å². The van der Waals surface area contributed by atoms with Crippen molar-refractivity contribution in [1.82, 2.24) is 0 Å². The molecule has 0 saturated heterocycles. The van der Waals surface area contributed by atoms with Crippen molar-refractivity contribution in [2.75, 3.05) is 20.5 Å². The van der Waals surface area contributed by atoms with Crippen LogP contribution in [0, 0.1) is 5.92 Å². The fourth-order valence-electron chi connectivity index (χ4n) is 4.34. The van der Waals surface area contributed by atoms with Crippen molar-refractivity contribution in [3.63, 3.8) is 0 Å². The molecule has 1 atom stereocenters. The van der Waals surface area contributed by atoms with Gasteiger partial charge in [-0.15, -0.1) is 6.58 Å². The molecule has 0 fully saturated rings. The summed E-state index contributed by atoms with van der Waals surface area (Å²) in [4.78, 5) is 0. The molecule has 5 nitrogen and oxygen atoms in total. The van der Waals surface area contributed by atoms with E-state index in [0.717, 1.165) is 45.6 Å². The molecule has 2 heterocycles. The smallest absolute Gasteiger partial charge is 0.231 e. The standard InChI is InChI=1S/C22H20O5/c1-3-12-8-13-4-6-17(24-2)22-19(13)20(15(12)9-23)14-5-7-18-21(27-11-26-18)16(14)10-25-22/h3-7,12,23H,1,8-11H2,2H3. The Kier molecular flexibility index (Phi) is 3.65. The Morgan fingerprint density at radius 2 is 2.07 bits per heavy atom. The highest BCUT2D eigenvalue weighted by Gasteiger charge is 2.35. The first-order valence-electron chi connectivity index (χ1n) is 8.98. The average Bonchev–Trinajstić information content (AvgIpc) is 3.12. The van der Waals surface area contributed by atoms with E-state index in [9.17, 15) is 5.11 Å². The molecular formula is C22H20O5. The average molecular weight is 364 g/mol. The molecule has 2 aromatic carbocycles. The van der Waals surface area contributed by atoms with Crippen LogP contribution in [0.4, 0.5) is 0 Å². The second-order valence-electron chi connectivity index (χ2n) is 6.85. The van der Waals surface area contributed by atoms with E-state index >= 15 is 0 Å². The molecule has 0 aromatic heterocycles. The highest BCUT2D eigenvalue weighted by atomic mass is 16.7. The summed E-state index contributed by atoms with van der Waals surface area (Å²) in [6.45, 7) is 4.49. The SMILES string of the molecule is C=CC1Cc2ccc(OC)c3c2C(=C1CO)c1ccc2c(c1CO3)OCO2. The lowest BCUT2D eigenvalue weighted by Crippen LogP contribution is -2.18. The maximum atomic E-state index is 10.2. The molecule has 0 radical (unpaired) electrons. The largest absolute Gasteiger partial charge is 0.493 e. The maximum Gasteiger partial charge on any atom is 0.231 e. The molecule has 0 amide bonds. The fourth-order valence-corrected chi connectivity index (χ4v) is 4.34. The Hall–Kier alpha value is -2.92. The van der Waals surface area contributed by atoms with Crippen LogP contribution in [0.5, 0.6) is 23.0 Å². The van der Waals surface area contributed by atoms with Crippen LogP contribution < -0.4 is 18.9 Å². The Morgan fingerprint density at radius 3 is 2.85 bits per heavy atom. The summed E-state index contributed by atoms with van der Waals surface area (Å²) in [6.07, 6.45) is 2.68. The third kappa shape index (κ3) is 2.21.